The highest BCUT2D eigenvalue weighted by molar-refractivity contribution is 7.95. The largest absolute Gasteiger partial charge is 0.459 e. The molecule has 6 rings (SSSR count). The van der Waals surface area contributed by atoms with Gasteiger partial charge in [0, 0.05) is 38.5 Å². The topological polar surface area (TPSA) is 215 Å². The Morgan fingerprint density at radius 3 is 1.90 bits per heavy atom. The summed E-state index contributed by atoms with van der Waals surface area (Å²) in [5, 5.41) is 69.6. The van der Waals surface area contributed by atoms with E-state index in [-0.39, 0.29) is 55.8 Å². The molecule has 2 aromatic carbocycles. The summed E-state index contributed by atoms with van der Waals surface area (Å²) in [4.78, 5) is 32.9. The van der Waals surface area contributed by atoms with Gasteiger partial charge in [-0.25, -0.2) is 0 Å². The van der Waals surface area contributed by atoms with Crippen molar-refractivity contribution in [2.45, 2.75) is 276 Å². The predicted molar refractivity (Wildman–Crippen MR) is 340 cm³/mol. The number of amides is 1. The molecule has 18 atom stereocenters. The Hall–Kier alpha value is -3.42. The number of nitrogens with zero attached hydrogens (tertiary/aromatic N) is 4. The van der Waals surface area contributed by atoms with Crippen LogP contribution in [0.25, 0.3) is 0 Å². The van der Waals surface area contributed by atoms with Gasteiger partial charge in [-0.3, -0.25) is 14.3 Å². The van der Waals surface area contributed by atoms with Crippen LogP contribution in [-0.4, -0.2) is 181 Å². The summed E-state index contributed by atoms with van der Waals surface area (Å²) in [6.07, 6.45) is 5.32. The minimum absolute atomic E-state index is 0.0695. The highest BCUT2D eigenvalue weighted by Crippen LogP contribution is 2.56. The Morgan fingerprint density at radius 1 is 0.791 bits per heavy atom. The number of aliphatic hydroxyl groups excluding tert-OH is 3. The summed E-state index contributed by atoms with van der Waals surface area (Å²) in [7, 11) is 3.29. The number of benzene rings is 2. The summed E-state index contributed by atoms with van der Waals surface area (Å²) < 4.78 is 40.4. The first-order valence-corrected chi connectivity index (χ1v) is 34.3. The number of hydrogen-bond acceptors (Lipinski definition) is 15. The Labute approximate surface area is 516 Å². The minimum atomic E-state index is -2.01. The zero-order chi connectivity index (χ0) is 63.5. The number of aromatic nitrogens is 2. The number of carbonyl (C=O) groups excluding carboxylic acids is 2. The quantitative estimate of drug-likeness (QED) is 0.0362. The maximum atomic E-state index is 14.7. The molecule has 0 saturated carbocycles. The molecule has 18 heteroatoms. The molecular formula is C68H112N4O13P+. The number of likely N-dealkylation sites (N-methyl/N-ethyl adjacent to an activating group) is 1. The molecule has 3 aliphatic heterocycles. The first-order chi connectivity index (χ1) is 40.4. The maximum Gasteiger partial charge on any atom is 0.311 e. The molecule has 3 saturated heterocycles. The zero-order valence-corrected chi connectivity index (χ0v) is 56.0. The Balaban J connectivity index is 1.15. The molecule has 17 nitrogen and oxygen atoms in total. The standard InChI is InChI=1S/C68H112N4O13P/c1-17-55-68(13,79)60(75)49(6)71(56(73)37-31-23-21-19-18-20-22-24-32-38-86(51-33-27-25-28-34-51,52-35-29-26-30-36-52)53-42-69-72(44-53)65(8,9)10)43-45(2)40-66(11,78)62(85-64-58(74)54(70(14)15)39-46(3)81-64)47(4)59(48(5)63(77)83-55)84-57-41-67(12,80-16)61(76)50(7)82-57/h25-30,33-36,42,44-50,54-55,57-62,64,74-76,78-79H,17-24,31-32,37-41,43H2,1-16H3/q+1/t45-,46-,47+,48-,49-,50+,54+,55-,57+,58-,59+,60-,61+,62-,64+,66-,67-,68-/m1/s1. The van der Waals surface area contributed by atoms with Gasteiger partial charge in [0.25, 0.3) is 0 Å². The van der Waals surface area contributed by atoms with Crippen molar-refractivity contribution in [2.75, 3.05) is 33.9 Å². The van der Waals surface area contributed by atoms with E-state index < -0.39 is 109 Å². The third-order valence-electron chi connectivity index (χ3n) is 19.2. The summed E-state index contributed by atoms with van der Waals surface area (Å²) in [6, 6.07) is 20.8. The van der Waals surface area contributed by atoms with Gasteiger partial charge >= 0.3 is 5.97 Å². The van der Waals surface area contributed by atoms with Gasteiger partial charge in [-0.15, -0.1) is 0 Å². The SMILES string of the molecule is CC[C@H]1OC(=O)[C@H](C)[C@@H](O[C@H]2C[C@@](C)(OC)[C@@H](O)[C@H](C)O2)[C@H](C)[C@@H](O[C@@H]2O[C@H](C)C[C@H](N(C)C)[C@H]2O)[C@](C)(O)C[C@@H](C)CN(C(=O)CCCCCCCCCCC[P+](c2ccccc2)(c2ccccc2)c2cnn(C(C)(C)C)c2)[C@H](C)[C@@H](O)[C@]1(C)O. The van der Waals surface area contributed by atoms with Crippen molar-refractivity contribution in [3.63, 3.8) is 0 Å². The smallest absolute Gasteiger partial charge is 0.311 e. The van der Waals surface area contributed by atoms with Crippen molar-refractivity contribution < 1.29 is 63.5 Å². The lowest BCUT2D eigenvalue weighted by Gasteiger charge is -2.48. The summed E-state index contributed by atoms with van der Waals surface area (Å²) in [5.41, 5.74) is -4.93. The van der Waals surface area contributed by atoms with Gasteiger partial charge < -0.3 is 63.8 Å². The minimum Gasteiger partial charge on any atom is -0.459 e. The average molecular weight is 1220 g/mol. The second-order valence-electron chi connectivity index (χ2n) is 27.7. The molecule has 0 bridgehead atoms. The van der Waals surface area contributed by atoms with Gasteiger partial charge in [-0.05, 0) is 152 Å². The van der Waals surface area contributed by atoms with Gasteiger partial charge in [0.05, 0.1) is 71.7 Å². The van der Waals surface area contributed by atoms with Gasteiger partial charge in [0.15, 0.2) is 12.6 Å². The molecule has 3 aromatic rings. The fourth-order valence-corrected chi connectivity index (χ4v) is 18.2. The zero-order valence-electron chi connectivity index (χ0n) is 55.1. The molecule has 5 N–H and O–H groups in total. The molecule has 3 aliphatic rings. The van der Waals surface area contributed by atoms with E-state index in [0.717, 1.165) is 57.5 Å². The van der Waals surface area contributed by atoms with Crippen LogP contribution in [0.4, 0.5) is 0 Å². The number of carbonyl (C=O) groups is 2. The molecule has 3 fully saturated rings. The van der Waals surface area contributed by atoms with Gasteiger partial charge in [0.2, 0.25) is 5.91 Å². The van der Waals surface area contributed by atoms with Gasteiger partial charge in [0.1, 0.15) is 53.2 Å². The molecular weight excluding hydrogens is 1110 g/mol. The van der Waals surface area contributed by atoms with Crippen molar-refractivity contribution in [1.82, 2.24) is 19.6 Å². The second-order valence-corrected chi connectivity index (χ2v) is 31.3. The molecule has 4 heterocycles. The molecule has 0 spiro atoms. The van der Waals surface area contributed by atoms with Crippen LogP contribution >= 0.6 is 7.26 Å². The fourth-order valence-electron chi connectivity index (χ4n) is 13.9. The van der Waals surface area contributed by atoms with Gasteiger partial charge in [-0.2, -0.15) is 5.10 Å². The monoisotopic (exact) mass is 1220 g/mol. The first-order valence-electron chi connectivity index (χ1n) is 32.3. The van der Waals surface area contributed by atoms with Crippen LogP contribution in [0.3, 0.4) is 0 Å². The normalized spacial score (nSPS) is 34.8. The molecule has 0 aliphatic carbocycles. The number of unbranched alkanes of at least 4 members (excludes halogenated alkanes) is 8. The number of esters is 1. The van der Waals surface area contributed by atoms with Crippen LogP contribution in [-0.2, 0) is 43.5 Å². The number of methoxy groups -OCH3 is 1. The lowest BCUT2D eigenvalue weighted by molar-refractivity contribution is -0.318. The van der Waals surface area contributed by atoms with E-state index in [4.69, 9.17) is 33.5 Å². The van der Waals surface area contributed by atoms with E-state index in [1.54, 1.807) is 53.4 Å². The lowest BCUT2D eigenvalue weighted by atomic mass is 9.77. The van der Waals surface area contributed by atoms with E-state index in [2.05, 4.69) is 98.5 Å². The van der Waals surface area contributed by atoms with Crippen LogP contribution in [0.2, 0.25) is 0 Å². The maximum absolute atomic E-state index is 14.7. The number of rotatable bonds is 22. The molecule has 86 heavy (non-hydrogen) atoms. The van der Waals surface area contributed by atoms with Crippen molar-refractivity contribution in [2.24, 2.45) is 17.8 Å². The van der Waals surface area contributed by atoms with Crippen LogP contribution < -0.4 is 15.9 Å². The number of hydrogen-bond donors (Lipinski definition) is 5. The van der Waals surface area contributed by atoms with E-state index in [1.165, 1.54) is 29.9 Å². The van der Waals surface area contributed by atoms with E-state index in [0.29, 0.717) is 12.8 Å². The number of aliphatic hydroxyl groups is 5. The van der Waals surface area contributed by atoms with E-state index in [9.17, 15) is 35.1 Å². The van der Waals surface area contributed by atoms with Crippen molar-refractivity contribution in [1.29, 1.82) is 0 Å². The van der Waals surface area contributed by atoms with Crippen LogP contribution in [0.1, 0.15) is 180 Å². The van der Waals surface area contributed by atoms with E-state index in [1.807, 2.05) is 32.8 Å². The molecule has 1 amide bonds. The molecule has 0 unspecified atom stereocenters. The third-order valence-corrected chi connectivity index (χ3v) is 23.7. The van der Waals surface area contributed by atoms with Crippen molar-refractivity contribution in [3.8, 4) is 0 Å². The predicted octanol–water partition coefficient (Wildman–Crippen LogP) is 8.64. The summed E-state index contributed by atoms with van der Waals surface area (Å²) in [6.45, 7) is 24.0. The molecule has 1 aromatic heterocycles. The van der Waals surface area contributed by atoms with Crippen LogP contribution in [0, 0.1) is 17.8 Å². The fraction of sp³-hybridized carbons (Fsp3) is 0.750. The molecule has 0 radical (unpaired) electrons. The van der Waals surface area contributed by atoms with E-state index >= 15 is 0 Å². The molecule has 486 valence electrons. The Kier molecular flexibility index (Phi) is 25.9. The highest BCUT2D eigenvalue weighted by atomic mass is 31.2. The summed E-state index contributed by atoms with van der Waals surface area (Å²) in [5.74, 6) is -3.28. The second kappa shape index (κ2) is 31.1. The highest BCUT2D eigenvalue weighted by Gasteiger charge is 2.54. The Bertz CT molecular complexity index is 2490. The van der Waals surface area contributed by atoms with Crippen LogP contribution in [0.5, 0.6) is 0 Å². The van der Waals surface area contributed by atoms with Crippen molar-refractivity contribution in [3.05, 3.63) is 73.1 Å². The van der Waals surface area contributed by atoms with Gasteiger partial charge in [-0.1, -0.05) is 95.7 Å². The Morgan fingerprint density at radius 2 is 1.36 bits per heavy atom. The third kappa shape index (κ3) is 17.3. The first kappa shape index (κ1) is 71.7. The van der Waals surface area contributed by atoms with Crippen molar-refractivity contribution >= 4 is 35.1 Å². The van der Waals surface area contributed by atoms with Crippen LogP contribution in [0.15, 0.2) is 73.1 Å². The summed E-state index contributed by atoms with van der Waals surface area (Å²) >= 11 is 0. The lowest BCUT2D eigenvalue weighted by Crippen LogP contribution is -2.60. The average Bonchev–Trinajstić information content (AvgIpc) is 3.53. The number of ether oxygens (including phenoxy) is 6. The number of cyclic esters (lactones) is 1.